The second-order valence-electron chi connectivity index (χ2n) is 6.81. The van der Waals surface area contributed by atoms with E-state index < -0.39 is 0 Å². The van der Waals surface area contributed by atoms with E-state index in [-0.39, 0.29) is 25.0 Å². The van der Waals surface area contributed by atoms with Gasteiger partial charge in [0.15, 0.2) is 24.7 Å². The SMILES string of the molecule is COc1ccccc1OCC(=O)Nc1ccc2c(c1)OCC(=O)N2CCN(C)C. The molecule has 1 aliphatic rings. The summed E-state index contributed by atoms with van der Waals surface area (Å²) >= 11 is 0. The maximum Gasteiger partial charge on any atom is 0.265 e. The number of anilines is 2. The van der Waals surface area contributed by atoms with Gasteiger partial charge in [0, 0.05) is 24.8 Å². The molecule has 0 bridgehead atoms. The summed E-state index contributed by atoms with van der Waals surface area (Å²) in [6, 6.07) is 12.4. The normalized spacial score (nSPS) is 13.0. The minimum Gasteiger partial charge on any atom is -0.493 e. The van der Waals surface area contributed by atoms with Crippen molar-refractivity contribution in [2.24, 2.45) is 0 Å². The molecule has 0 atom stereocenters. The molecule has 2 amide bonds. The molecule has 0 aliphatic carbocycles. The summed E-state index contributed by atoms with van der Waals surface area (Å²) in [5.74, 6) is 1.22. The van der Waals surface area contributed by atoms with Crippen molar-refractivity contribution < 1.29 is 23.8 Å². The van der Waals surface area contributed by atoms with Crippen molar-refractivity contribution in [1.29, 1.82) is 0 Å². The van der Waals surface area contributed by atoms with Gasteiger partial charge in [0.2, 0.25) is 0 Å². The first-order valence-electron chi connectivity index (χ1n) is 9.25. The van der Waals surface area contributed by atoms with Gasteiger partial charge in [-0.2, -0.15) is 0 Å². The summed E-state index contributed by atoms with van der Waals surface area (Å²) in [5.41, 5.74) is 1.27. The van der Waals surface area contributed by atoms with Gasteiger partial charge in [-0.05, 0) is 38.4 Å². The molecule has 3 rings (SSSR count). The monoisotopic (exact) mass is 399 g/mol. The molecule has 0 saturated heterocycles. The molecular formula is C21H25N3O5. The Morgan fingerprint density at radius 2 is 1.97 bits per heavy atom. The average Bonchev–Trinajstić information content (AvgIpc) is 2.71. The van der Waals surface area contributed by atoms with Gasteiger partial charge >= 0.3 is 0 Å². The summed E-state index contributed by atoms with van der Waals surface area (Å²) < 4.78 is 16.3. The van der Waals surface area contributed by atoms with E-state index in [9.17, 15) is 9.59 Å². The van der Waals surface area contributed by atoms with Gasteiger partial charge in [-0.1, -0.05) is 12.1 Å². The van der Waals surface area contributed by atoms with E-state index in [1.165, 1.54) is 0 Å². The van der Waals surface area contributed by atoms with Gasteiger partial charge in [-0.25, -0.2) is 0 Å². The van der Waals surface area contributed by atoms with Gasteiger partial charge in [0.05, 0.1) is 12.8 Å². The third-order valence-electron chi connectivity index (χ3n) is 4.39. The molecule has 2 aromatic carbocycles. The number of carbonyl (C=O) groups excluding carboxylic acids is 2. The number of carbonyl (C=O) groups is 2. The van der Waals surface area contributed by atoms with Crippen molar-refractivity contribution in [1.82, 2.24) is 4.90 Å². The van der Waals surface area contributed by atoms with Crippen LogP contribution >= 0.6 is 0 Å². The van der Waals surface area contributed by atoms with Crippen LogP contribution in [0.5, 0.6) is 17.2 Å². The van der Waals surface area contributed by atoms with Gasteiger partial charge < -0.3 is 29.3 Å². The molecule has 154 valence electrons. The zero-order valence-corrected chi connectivity index (χ0v) is 16.8. The third kappa shape index (κ3) is 5.17. The Bertz CT molecular complexity index is 884. The average molecular weight is 399 g/mol. The van der Waals surface area contributed by atoms with Crippen LogP contribution in [-0.2, 0) is 9.59 Å². The molecule has 0 unspecified atom stereocenters. The number of methoxy groups -OCH3 is 1. The highest BCUT2D eigenvalue weighted by Gasteiger charge is 2.25. The Kier molecular flexibility index (Phi) is 6.56. The highest BCUT2D eigenvalue weighted by atomic mass is 16.5. The first kappa shape index (κ1) is 20.5. The Hall–Kier alpha value is -3.26. The number of hydrogen-bond acceptors (Lipinski definition) is 6. The second kappa shape index (κ2) is 9.29. The molecule has 0 radical (unpaired) electrons. The number of fused-ring (bicyclic) bond motifs is 1. The zero-order valence-electron chi connectivity index (χ0n) is 16.8. The lowest BCUT2D eigenvalue weighted by Crippen LogP contribution is -2.42. The molecule has 1 N–H and O–H groups in total. The maximum absolute atomic E-state index is 12.3. The highest BCUT2D eigenvalue weighted by Crippen LogP contribution is 2.34. The Morgan fingerprint density at radius 1 is 1.21 bits per heavy atom. The number of para-hydroxylation sites is 2. The van der Waals surface area contributed by atoms with E-state index in [1.807, 2.05) is 25.1 Å². The standard InChI is InChI=1S/C21H25N3O5/c1-23(2)10-11-24-16-9-8-15(12-19(16)29-14-21(24)26)22-20(25)13-28-18-7-5-4-6-17(18)27-3/h4-9,12H,10-11,13-14H2,1-3H3,(H,22,25). The van der Waals surface area contributed by atoms with Crippen LogP contribution in [0.25, 0.3) is 0 Å². The zero-order chi connectivity index (χ0) is 20.8. The number of benzene rings is 2. The number of rotatable bonds is 8. The first-order valence-corrected chi connectivity index (χ1v) is 9.25. The molecule has 0 saturated carbocycles. The van der Waals surface area contributed by atoms with E-state index in [0.29, 0.717) is 35.2 Å². The molecule has 0 fully saturated rings. The van der Waals surface area contributed by atoms with Crippen LogP contribution in [0, 0.1) is 0 Å². The van der Waals surface area contributed by atoms with Crippen LogP contribution in [0.15, 0.2) is 42.5 Å². The fraction of sp³-hybridized carbons (Fsp3) is 0.333. The maximum atomic E-state index is 12.3. The smallest absolute Gasteiger partial charge is 0.265 e. The van der Waals surface area contributed by atoms with Crippen LogP contribution in [-0.4, -0.2) is 64.2 Å². The number of amides is 2. The minimum absolute atomic E-state index is 0.0191. The molecule has 8 heteroatoms. The highest BCUT2D eigenvalue weighted by molar-refractivity contribution is 5.99. The molecule has 1 heterocycles. The molecule has 1 aliphatic heterocycles. The fourth-order valence-electron chi connectivity index (χ4n) is 2.91. The van der Waals surface area contributed by atoms with E-state index >= 15 is 0 Å². The molecule has 0 aromatic heterocycles. The summed E-state index contributed by atoms with van der Waals surface area (Å²) in [6.07, 6.45) is 0. The second-order valence-corrected chi connectivity index (χ2v) is 6.81. The molecule has 0 spiro atoms. The minimum atomic E-state index is -0.313. The van der Waals surface area contributed by atoms with Crippen LogP contribution in [0.2, 0.25) is 0 Å². The lowest BCUT2D eigenvalue weighted by atomic mass is 10.2. The van der Waals surface area contributed by atoms with E-state index in [4.69, 9.17) is 14.2 Å². The number of ether oxygens (including phenoxy) is 3. The predicted molar refractivity (Wildman–Crippen MR) is 110 cm³/mol. The number of hydrogen-bond donors (Lipinski definition) is 1. The van der Waals surface area contributed by atoms with Crippen LogP contribution in [0.3, 0.4) is 0 Å². The Labute approximate surface area is 170 Å². The molecular weight excluding hydrogens is 374 g/mol. The fourth-order valence-corrected chi connectivity index (χ4v) is 2.91. The van der Waals surface area contributed by atoms with Gasteiger partial charge in [0.25, 0.3) is 11.8 Å². The third-order valence-corrected chi connectivity index (χ3v) is 4.39. The van der Waals surface area contributed by atoms with Crippen LogP contribution in [0.1, 0.15) is 0 Å². The number of nitrogens with zero attached hydrogens (tertiary/aromatic N) is 2. The number of nitrogens with one attached hydrogen (secondary N) is 1. The van der Waals surface area contributed by atoms with Crippen molar-refractivity contribution in [2.45, 2.75) is 0 Å². The predicted octanol–water partition coefficient (Wildman–Crippen LogP) is 2.00. The largest absolute Gasteiger partial charge is 0.493 e. The quantitative estimate of drug-likeness (QED) is 0.731. The first-order chi connectivity index (χ1) is 14.0. The topological polar surface area (TPSA) is 80.3 Å². The Balaban J connectivity index is 1.63. The molecule has 2 aromatic rings. The summed E-state index contributed by atoms with van der Waals surface area (Å²) in [7, 11) is 5.46. The van der Waals surface area contributed by atoms with Crippen molar-refractivity contribution in [3.05, 3.63) is 42.5 Å². The van der Waals surface area contributed by atoms with Gasteiger partial charge in [-0.3, -0.25) is 9.59 Å². The van der Waals surface area contributed by atoms with Crippen molar-refractivity contribution in [3.8, 4) is 17.2 Å². The lowest BCUT2D eigenvalue weighted by molar-refractivity contribution is -0.121. The summed E-state index contributed by atoms with van der Waals surface area (Å²) in [5, 5.41) is 2.78. The van der Waals surface area contributed by atoms with Crippen molar-refractivity contribution in [2.75, 3.05) is 57.7 Å². The Morgan fingerprint density at radius 3 is 2.69 bits per heavy atom. The van der Waals surface area contributed by atoms with Crippen LogP contribution in [0.4, 0.5) is 11.4 Å². The lowest BCUT2D eigenvalue weighted by Gasteiger charge is -2.30. The van der Waals surface area contributed by atoms with Gasteiger partial charge in [-0.15, -0.1) is 0 Å². The van der Waals surface area contributed by atoms with Crippen molar-refractivity contribution >= 4 is 23.2 Å². The van der Waals surface area contributed by atoms with Crippen molar-refractivity contribution in [3.63, 3.8) is 0 Å². The number of likely N-dealkylation sites (N-methyl/N-ethyl adjacent to an activating group) is 1. The van der Waals surface area contributed by atoms with E-state index in [1.54, 1.807) is 48.4 Å². The van der Waals surface area contributed by atoms with E-state index in [0.717, 1.165) is 6.54 Å². The van der Waals surface area contributed by atoms with Gasteiger partial charge in [0.1, 0.15) is 5.75 Å². The summed E-state index contributed by atoms with van der Waals surface area (Å²) in [6.45, 7) is 1.13. The molecule has 8 nitrogen and oxygen atoms in total. The molecule has 29 heavy (non-hydrogen) atoms. The summed E-state index contributed by atoms with van der Waals surface area (Å²) in [4.78, 5) is 28.2. The van der Waals surface area contributed by atoms with E-state index in [2.05, 4.69) is 5.32 Å². The van der Waals surface area contributed by atoms with Crippen LogP contribution < -0.4 is 24.4 Å².